The van der Waals surface area contributed by atoms with E-state index in [4.69, 9.17) is 10.5 Å². The molecule has 21 heavy (non-hydrogen) atoms. The largest absolute Gasteiger partial charge is 0.484 e. The minimum atomic E-state index is -0.0713. The highest BCUT2D eigenvalue weighted by molar-refractivity contribution is 5.77. The van der Waals surface area contributed by atoms with Gasteiger partial charge in [-0.1, -0.05) is 19.4 Å². The number of hydrogen-bond acceptors (Lipinski definition) is 3. The number of aryl methyl sites for hydroxylation is 1. The third-order valence-corrected chi connectivity index (χ3v) is 3.98. The van der Waals surface area contributed by atoms with Crippen LogP contribution in [-0.4, -0.2) is 18.6 Å². The van der Waals surface area contributed by atoms with Crippen molar-refractivity contribution in [2.24, 2.45) is 5.73 Å². The Balaban J connectivity index is 1.89. The first-order valence-electron chi connectivity index (χ1n) is 7.90. The molecule has 2 rings (SSSR count). The number of fused-ring (bicyclic) bond motifs is 1. The normalized spacial score (nSPS) is 18.7. The van der Waals surface area contributed by atoms with Gasteiger partial charge < -0.3 is 15.8 Å². The molecule has 2 atom stereocenters. The number of rotatable bonds is 6. The van der Waals surface area contributed by atoms with E-state index in [9.17, 15) is 4.79 Å². The zero-order chi connectivity index (χ0) is 15.2. The molecule has 1 unspecified atom stereocenters. The SMILES string of the molecule is CCCC(C)NC(=O)COc1ccc2c(c1)[C@@H](N)CCC2. The Morgan fingerprint density at radius 3 is 3.10 bits per heavy atom. The molecule has 1 aliphatic carbocycles. The lowest BCUT2D eigenvalue weighted by Gasteiger charge is -2.22. The number of ether oxygens (including phenoxy) is 1. The van der Waals surface area contributed by atoms with Crippen molar-refractivity contribution < 1.29 is 9.53 Å². The first-order valence-corrected chi connectivity index (χ1v) is 7.90. The number of carbonyl (C=O) groups excluding carboxylic acids is 1. The molecule has 3 N–H and O–H groups in total. The van der Waals surface area contributed by atoms with Gasteiger partial charge in [-0.05, 0) is 55.9 Å². The topological polar surface area (TPSA) is 64.3 Å². The van der Waals surface area contributed by atoms with Crippen molar-refractivity contribution >= 4 is 5.91 Å². The second kappa shape index (κ2) is 7.46. The summed E-state index contributed by atoms with van der Waals surface area (Å²) in [5.74, 6) is 0.655. The predicted molar refractivity (Wildman–Crippen MR) is 84.3 cm³/mol. The van der Waals surface area contributed by atoms with E-state index >= 15 is 0 Å². The summed E-state index contributed by atoms with van der Waals surface area (Å²) >= 11 is 0. The fraction of sp³-hybridized carbons (Fsp3) is 0.588. The Kier molecular flexibility index (Phi) is 5.62. The average molecular weight is 290 g/mol. The van der Waals surface area contributed by atoms with E-state index in [1.54, 1.807) is 0 Å². The highest BCUT2D eigenvalue weighted by Gasteiger charge is 2.17. The third-order valence-electron chi connectivity index (χ3n) is 3.98. The number of nitrogens with one attached hydrogen (secondary N) is 1. The zero-order valence-corrected chi connectivity index (χ0v) is 13.0. The average Bonchev–Trinajstić information content (AvgIpc) is 2.46. The predicted octanol–water partition coefficient (Wildman–Crippen LogP) is 2.71. The van der Waals surface area contributed by atoms with Gasteiger partial charge in [-0.25, -0.2) is 0 Å². The van der Waals surface area contributed by atoms with Crippen LogP contribution in [0.2, 0.25) is 0 Å². The Hall–Kier alpha value is -1.55. The molecule has 4 nitrogen and oxygen atoms in total. The van der Waals surface area contributed by atoms with Gasteiger partial charge in [0.25, 0.3) is 5.91 Å². The van der Waals surface area contributed by atoms with Gasteiger partial charge in [-0.15, -0.1) is 0 Å². The zero-order valence-electron chi connectivity index (χ0n) is 13.0. The van der Waals surface area contributed by atoms with Gasteiger partial charge in [0.05, 0.1) is 0 Å². The first kappa shape index (κ1) is 15.8. The number of amides is 1. The Labute approximate surface area is 127 Å². The van der Waals surface area contributed by atoms with E-state index in [-0.39, 0.29) is 24.6 Å². The van der Waals surface area contributed by atoms with Crippen molar-refractivity contribution in [2.75, 3.05) is 6.61 Å². The number of benzene rings is 1. The molecule has 0 saturated carbocycles. The number of hydrogen-bond donors (Lipinski definition) is 2. The summed E-state index contributed by atoms with van der Waals surface area (Å²) in [7, 11) is 0. The quantitative estimate of drug-likeness (QED) is 0.846. The lowest BCUT2D eigenvalue weighted by atomic mass is 9.88. The molecule has 0 aromatic heterocycles. The van der Waals surface area contributed by atoms with Gasteiger partial charge in [0.15, 0.2) is 6.61 Å². The summed E-state index contributed by atoms with van der Waals surface area (Å²) in [4.78, 5) is 11.8. The van der Waals surface area contributed by atoms with Crippen LogP contribution >= 0.6 is 0 Å². The van der Waals surface area contributed by atoms with Crippen molar-refractivity contribution in [3.05, 3.63) is 29.3 Å². The van der Waals surface area contributed by atoms with Crippen molar-refractivity contribution in [3.63, 3.8) is 0 Å². The number of carbonyl (C=O) groups is 1. The van der Waals surface area contributed by atoms with Crippen LogP contribution in [0.15, 0.2) is 18.2 Å². The Morgan fingerprint density at radius 2 is 2.33 bits per heavy atom. The molecular formula is C17H26N2O2. The summed E-state index contributed by atoms with van der Waals surface area (Å²) in [6.45, 7) is 4.18. The number of nitrogens with two attached hydrogens (primary N) is 1. The Morgan fingerprint density at radius 1 is 1.52 bits per heavy atom. The maximum Gasteiger partial charge on any atom is 0.258 e. The van der Waals surface area contributed by atoms with Crippen LogP contribution in [0.1, 0.15) is 56.7 Å². The van der Waals surface area contributed by atoms with E-state index < -0.39 is 0 Å². The summed E-state index contributed by atoms with van der Waals surface area (Å²) in [5, 5.41) is 2.93. The molecular weight excluding hydrogens is 264 g/mol. The summed E-state index contributed by atoms with van der Waals surface area (Å²) < 4.78 is 5.59. The van der Waals surface area contributed by atoms with Crippen molar-refractivity contribution in [1.82, 2.24) is 5.32 Å². The summed E-state index contributed by atoms with van der Waals surface area (Å²) in [5.41, 5.74) is 8.61. The van der Waals surface area contributed by atoms with Gasteiger partial charge in [-0.2, -0.15) is 0 Å². The van der Waals surface area contributed by atoms with Crippen LogP contribution in [0.4, 0.5) is 0 Å². The minimum Gasteiger partial charge on any atom is -0.484 e. The lowest BCUT2D eigenvalue weighted by molar-refractivity contribution is -0.123. The van der Waals surface area contributed by atoms with E-state index in [2.05, 4.69) is 18.3 Å². The molecule has 0 aliphatic heterocycles. The van der Waals surface area contributed by atoms with Crippen LogP contribution in [-0.2, 0) is 11.2 Å². The fourth-order valence-electron chi connectivity index (χ4n) is 2.87. The van der Waals surface area contributed by atoms with Crippen LogP contribution in [0.25, 0.3) is 0 Å². The summed E-state index contributed by atoms with van der Waals surface area (Å²) in [6.07, 6.45) is 5.29. The molecule has 1 aromatic carbocycles. The minimum absolute atomic E-state index is 0.0576. The smallest absolute Gasteiger partial charge is 0.258 e. The molecule has 0 spiro atoms. The molecule has 116 valence electrons. The fourth-order valence-corrected chi connectivity index (χ4v) is 2.87. The monoisotopic (exact) mass is 290 g/mol. The third kappa shape index (κ3) is 4.46. The molecule has 0 fully saturated rings. The maximum absolute atomic E-state index is 11.8. The highest BCUT2D eigenvalue weighted by Crippen LogP contribution is 2.30. The van der Waals surface area contributed by atoms with Crippen LogP contribution in [0.3, 0.4) is 0 Å². The molecule has 0 bridgehead atoms. The molecule has 0 saturated heterocycles. The Bertz CT molecular complexity index is 488. The van der Waals surface area contributed by atoms with Crippen molar-refractivity contribution in [2.45, 2.75) is 58.0 Å². The molecule has 0 radical (unpaired) electrons. The van der Waals surface area contributed by atoms with Crippen LogP contribution in [0.5, 0.6) is 5.75 Å². The van der Waals surface area contributed by atoms with Gasteiger partial charge >= 0.3 is 0 Å². The van der Waals surface area contributed by atoms with Crippen LogP contribution in [0, 0.1) is 0 Å². The standard InChI is InChI=1S/C17H26N2O2/c1-3-5-12(2)19-17(20)11-21-14-9-8-13-6-4-7-16(18)15(13)10-14/h8-10,12,16H,3-7,11,18H2,1-2H3,(H,19,20)/t12?,16-/m0/s1. The molecule has 4 heteroatoms. The van der Waals surface area contributed by atoms with Crippen LogP contribution < -0.4 is 15.8 Å². The van der Waals surface area contributed by atoms with E-state index in [1.165, 1.54) is 11.1 Å². The van der Waals surface area contributed by atoms with E-state index in [0.29, 0.717) is 0 Å². The van der Waals surface area contributed by atoms with Crippen molar-refractivity contribution in [1.29, 1.82) is 0 Å². The van der Waals surface area contributed by atoms with Gasteiger partial charge in [-0.3, -0.25) is 4.79 Å². The van der Waals surface area contributed by atoms with Crippen molar-refractivity contribution in [3.8, 4) is 5.75 Å². The first-order chi connectivity index (χ1) is 10.1. The van der Waals surface area contributed by atoms with Gasteiger partial charge in [0.2, 0.25) is 0 Å². The van der Waals surface area contributed by atoms with Gasteiger partial charge in [0.1, 0.15) is 5.75 Å². The van der Waals surface area contributed by atoms with Gasteiger partial charge in [0, 0.05) is 12.1 Å². The van der Waals surface area contributed by atoms with E-state index in [1.807, 2.05) is 19.1 Å². The molecule has 1 amide bonds. The lowest BCUT2D eigenvalue weighted by Crippen LogP contribution is -2.35. The molecule has 1 aliphatic rings. The molecule has 1 aromatic rings. The summed E-state index contributed by atoms with van der Waals surface area (Å²) in [6, 6.07) is 6.28. The maximum atomic E-state index is 11.8. The molecule has 0 heterocycles. The van der Waals surface area contributed by atoms with E-state index in [0.717, 1.165) is 37.9 Å². The second-order valence-electron chi connectivity index (χ2n) is 5.91. The second-order valence-corrected chi connectivity index (χ2v) is 5.91. The highest BCUT2D eigenvalue weighted by atomic mass is 16.5.